The third-order valence-corrected chi connectivity index (χ3v) is 4.39. The monoisotopic (exact) mass is 341 g/mol. The van der Waals surface area contributed by atoms with Crippen LogP contribution in [0, 0.1) is 0 Å². The third kappa shape index (κ3) is 3.75. The second-order valence-electron chi connectivity index (χ2n) is 5.26. The fraction of sp³-hybridized carbons (Fsp3) is 0.118. The van der Waals surface area contributed by atoms with Crippen LogP contribution < -0.4 is 16.0 Å². The molecule has 2 aromatic carbocycles. The quantitative estimate of drug-likeness (QED) is 0.801. The van der Waals surface area contributed by atoms with E-state index in [-0.39, 0.29) is 17.7 Å². The van der Waals surface area contributed by atoms with Crippen molar-refractivity contribution in [2.75, 3.05) is 21.7 Å². The summed E-state index contributed by atoms with van der Waals surface area (Å²) in [7, 11) is 0. The van der Waals surface area contributed by atoms with Gasteiger partial charge in [0.25, 0.3) is 5.91 Å². The Hall–Kier alpha value is -2.80. The molecule has 6 nitrogen and oxygen atoms in total. The van der Waals surface area contributed by atoms with Crippen LogP contribution in [0.5, 0.6) is 0 Å². The van der Waals surface area contributed by atoms with E-state index in [0.717, 1.165) is 4.90 Å². The topological polar surface area (TPSA) is 87.3 Å². The lowest BCUT2D eigenvalue weighted by Crippen LogP contribution is -2.19. The predicted octanol–water partition coefficient (Wildman–Crippen LogP) is 2.94. The molecule has 0 fully saturated rings. The van der Waals surface area contributed by atoms with Gasteiger partial charge in [0.15, 0.2) is 0 Å². The zero-order valence-corrected chi connectivity index (χ0v) is 13.7. The van der Waals surface area contributed by atoms with Crippen molar-refractivity contribution in [1.82, 2.24) is 0 Å². The molecule has 0 aromatic heterocycles. The highest BCUT2D eigenvalue weighted by atomic mass is 32.2. The molecule has 0 saturated heterocycles. The molecule has 7 heteroatoms. The maximum absolute atomic E-state index is 12.4. The standard InChI is InChI=1S/C17H15N3O3S/c1-10(21)18-12-4-2-3-11(7-12)17(23)19-13-5-6-15-14(8-13)20-16(22)9-24-15/h2-8H,9H2,1H3,(H,18,21)(H,19,23)(H,20,22). The van der Waals surface area contributed by atoms with Crippen LogP contribution in [0.1, 0.15) is 17.3 Å². The lowest BCUT2D eigenvalue weighted by atomic mass is 10.1. The Balaban J connectivity index is 1.76. The lowest BCUT2D eigenvalue weighted by Gasteiger charge is -2.17. The summed E-state index contributed by atoms with van der Waals surface area (Å²) in [6, 6.07) is 12.1. The number of anilines is 3. The summed E-state index contributed by atoms with van der Waals surface area (Å²) in [5.74, 6) is -0.152. The minimum Gasteiger partial charge on any atom is -0.326 e. The minimum absolute atomic E-state index is 0.0565. The van der Waals surface area contributed by atoms with Gasteiger partial charge in [-0.2, -0.15) is 0 Å². The predicted molar refractivity (Wildman–Crippen MR) is 94.5 cm³/mol. The maximum atomic E-state index is 12.4. The van der Waals surface area contributed by atoms with Crippen molar-refractivity contribution in [2.45, 2.75) is 11.8 Å². The molecular weight excluding hydrogens is 326 g/mol. The first-order valence-electron chi connectivity index (χ1n) is 7.27. The second kappa shape index (κ2) is 6.76. The van der Waals surface area contributed by atoms with Gasteiger partial charge in [-0.1, -0.05) is 6.07 Å². The molecule has 1 aliphatic heterocycles. The molecule has 3 N–H and O–H groups in total. The molecule has 0 bridgehead atoms. The van der Waals surface area contributed by atoms with Gasteiger partial charge in [0.1, 0.15) is 0 Å². The zero-order chi connectivity index (χ0) is 17.1. The molecule has 1 heterocycles. The van der Waals surface area contributed by atoms with Crippen LogP contribution in [0.25, 0.3) is 0 Å². The number of benzene rings is 2. The van der Waals surface area contributed by atoms with E-state index in [0.29, 0.717) is 28.4 Å². The van der Waals surface area contributed by atoms with Gasteiger partial charge in [-0.05, 0) is 36.4 Å². The van der Waals surface area contributed by atoms with Crippen molar-refractivity contribution < 1.29 is 14.4 Å². The second-order valence-corrected chi connectivity index (χ2v) is 6.28. The van der Waals surface area contributed by atoms with Crippen molar-refractivity contribution >= 4 is 46.5 Å². The molecule has 0 atom stereocenters. The summed E-state index contributed by atoms with van der Waals surface area (Å²) in [6.07, 6.45) is 0. The molecule has 3 amide bonds. The lowest BCUT2D eigenvalue weighted by molar-refractivity contribution is -0.114. The molecule has 122 valence electrons. The van der Waals surface area contributed by atoms with Gasteiger partial charge in [-0.15, -0.1) is 11.8 Å². The van der Waals surface area contributed by atoms with Crippen molar-refractivity contribution in [3.63, 3.8) is 0 Å². The zero-order valence-electron chi connectivity index (χ0n) is 12.9. The molecule has 1 aliphatic rings. The van der Waals surface area contributed by atoms with E-state index in [1.807, 2.05) is 6.07 Å². The van der Waals surface area contributed by atoms with E-state index in [9.17, 15) is 14.4 Å². The van der Waals surface area contributed by atoms with Crippen LogP contribution in [0.4, 0.5) is 17.1 Å². The van der Waals surface area contributed by atoms with Crippen molar-refractivity contribution in [1.29, 1.82) is 0 Å². The fourth-order valence-corrected chi connectivity index (χ4v) is 3.09. The van der Waals surface area contributed by atoms with Crippen molar-refractivity contribution in [2.24, 2.45) is 0 Å². The number of fused-ring (bicyclic) bond motifs is 1. The number of thioether (sulfide) groups is 1. The van der Waals surface area contributed by atoms with E-state index >= 15 is 0 Å². The Bertz CT molecular complexity index is 836. The smallest absolute Gasteiger partial charge is 0.255 e. The molecule has 24 heavy (non-hydrogen) atoms. The normalized spacial score (nSPS) is 12.8. The SMILES string of the molecule is CC(=O)Nc1cccc(C(=O)Nc2ccc3c(c2)NC(=O)CS3)c1. The van der Waals surface area contributed by atoms with Crippen LogP contribution in [0.2, 0.25) is 0 Å². The third-order valence-electron chi connectivity index (χ3n) is 3.32. The van der Waals surface area contributed by atoms with Gasteiger partial charge in [-0.3, -0.25) is 14.4 Å². The molecule has 0 spiro atoms. The summed E-state index contributed by atoms with van der Waals surface area (Å²) in [4.78, 5) is 35.9. The molecule has 0 aliphatic carbocycles. The Morgan fingerprint density at radius 3 is 2.67 bits per heavy atom. The summed E-state index contributed by atoms with van der Waals surface area (Å²) in [5.41, 5.74) is 2.27. The van der Waals surface area contributed by atoms with Crippen molar-refractivity contribution in [3.05, 3.63) is 48.0 Å². The van der Waals surface area contributed by atoms with Gasteiger partial charge in [-0.25, -0.2) is 0 Å². The average Bonchev–Trinajstić information content (AvgIpc) is 2.54. The molecule has 0 radical (unpaired) electrons. The van der Waals surface area contributed by atoms with E-state index in [4.69, 9.17) is 0 Å². The first kappa shape index (κ1) is 16.1. The number of amides is 3. The fourth-order valence-electron chi connectivity index (χ4n) is 2.31. The highest BCUT2D eigenvalue weighted by molar-refractivity contribution is 8.00. The van der Waals surface area contributed by atoms with Crippen LogP contribution in [-0.4, -0.2) is 23.5 Å². The Morgan fingerprint density at radius 1 is 1.08 bits per heavy atom. The molecule has 2 aromatic rings. The number of carbonyl (C=O) groups excluding carboxylic acids is 3. The summed E-state index contributed by atoms with van der Waals surface area (Å²) < 4.78 is 0. The van der Waals surface area contributed by atoms with Crippen LogP contribution >= 0.6 is 11.8 Å². The number of nitrogens with one attached hydrogen (secondary N) is 3. The first-order chi connectivity index (χ1) is 11.5. The number of hydrogen-bond donors (Lipinski definition) is 3. The van der Waals surface area contributed by atoms with Crippen molar-refractivity contribution in [3.8, 4) is 0 Å². The summed E-state index contributed by atoms with van der Waals surface area (Å²) in [6.45, 7) is 1.41. The number of carbonyl (C=O) groups is 3. The van der Waals surface area contributed by atoms with E-state index in [2.05, 4.69) is 16.0 Å². The number of hydrogen-bond acceptors (Lipinski definition) is 4. The summed E-state index contributed by atoms with van der Waals surface area (Å²) >= 11 is 1.46. The van der Waals surface area contributed by atoms with E-state index in [1.54, 1.807) is 36.4 Å². The van der Waals surface area contributed by atoms with Gasteiger partial charge in [0.05, 0.1) is 11.4 Å². The van der Waals surface area contributed by atoms with Crippen LogP contribution in [0.3, 0.4) is 0 Å². The molecule has 0 unspecified atom stereocenters. The molecule has 3 rings (SSSR count). The van der Waals surface area contributed by atoms with Gasteiger partial charge < -0.3 is 16.0 Å². The Morgan fingerprint density at radius 2 is 1.88 bits per heavy atom. The van der Waals surface area contributed by atoms with Crippen LogP contribution in [0.15, 0.2) is 47.4 Å². The van der Waals surface area contributed by atoms with E-state index < -0.39 is 0 Å². The van der Waals surface area contributed by atoms with Gasteiger partial charge in [0, 0.05) is 28.8 Å². The first-order valence-corrected chi connectivity index (χ1v) is 8.25. The highest BCUT2D eigenvalue weighted by Crippen LogP contribution is 2.33. The minimum atomic E-state index is -0.294. The van der Waals surface area contributed by atoms with E-state index in [1.165, 1.54) is 18.7 Å². The maximum Gasteiger partial charge on any atom is 0.255 e. The Kier molecular flexibility index (Phi) is 4.52. The van der Waals surface area contributed by atoms with Gasteiger partial charge in [0.2, 0.25) is 11.8 Å². The van der Waals surface area contributed by atoms with Crippen LogP contribution in [-0.2, 0) is 9.59 Å². The average molecular weight is 341 g/mol. The summed E-state index contributed by atoms with van der Waals surface area (Å²) in [5, 5.41) is 8.22. The largest absolute Gasteiger partial charge is 0.326 e. The molecule has 0 saturated carbocycles. The highest BCUT2D eigenvalue weighted by Gasteiger charge is 2.16. The Labute approximate surface area is 143 Å². The van der Waals surface area contributed by atoms with Gasteiger partial charge >= 0.3 is 0 Å². The number of rotatable bonds is 3. The molecular formula is C17H15N3O3S.